The highest BCUT2D eigenvalue weighted by molar-refractivity contribution is 6.18. The fourth-order valence-electron chi connectivity index (χ4n) is 3.19. The van der Waals surface area contributed by atoms with Crippen molar-refractivity contribution >= 4 is 17.5 Å². The zero-order chi connectivity index (χ0) is 15.3. The molecule has 1 saturated carbocycles. The van der Waals surface area contributed by atoms with Gasteiger partial charge in [0.05, 0.1) is 5.41 Å². The Balaban J connectivity index is 1.94. The van der Waals surface area contributed by atoms with E-state index < -0.39 is 5.41 Å². The standard InChI is InChI=1S/C18H26ClNO/c1-18(2,16-10-4-3-5-11-16)17(21)20-13-15-9-7-6-8-14(15)12-19/h3-5,10-11,14-15H,6-9,12-13H2,1-2H3,(H,20,21). The second-order valence-electron chi connectivity index (χ2n) is 6.66. The Labute approximate surface area is 133 Å². The number of hydrogen-bond acceptors (Lipinski definition) is 1. The van der Waals surface area contributed by atoms with Crippen molar-refractivity contribution in [2.24, 2.45) is 11.8 Å². The maximum atomic E-state index is 12.6. The van der Waals surface area contributed by atoms with Crippen LogP contribution in [0, 0.1) is 11.8 Å². The van der Waals surface area contributed by atoms with Crippen LogP contribution in [0.4, 0.5) is 0 Å². The van der Waals surface area contributed by atoms with Crippen LogP contribution < -0.4 is 5.32 Å². The van der Waals surface area contributed by atoms with Gasteiger partial charge in [0.15, 0.2) is 0 Å². The van der Waals surface area contributed by atoms with Crippen molar-refractivity contribution in [3.8, 4) is 0 Å². The molecule has 3 heteroatoms. The number of halogens is 1. The topological polar surface area (TPSA) is 29.1 Å². The van der Waals surface area contributed by atoms with Crippen LogP contribution in [-0.2, 0) is 10.2 Å². The molecule has 2 unspecified atom stereocenters. The maximum Gasteiger partial charge on any atom is 0.230 e. The quantitative estimate of drug-likeness (QED) is 0.814. The van der Waals surface area contributed by atoms with E-state index in [1.165, 1.54) is 25.7 Å². The summed E-state index contributed by atoms with van der Waals surface area (Å²) < 4.78 is 0. The molecular weight excluding hydrogens is 282 g/mol. The van der Waals surface area contributed by atoms with Gasteiger partial charge in [-0.05, 0) is 44.1 Å². The average molecular weight is 308 g/mol. The van der Waals surface area contributed by atoms with Gasteiger partial charge in [0.25, 0.3) is 0 Å². The molecule has 2 rings (SSSR count). The van der Waals surface area contributed by atoms with Crippen LogP contribution in [0.3, 0.4) is 0 Å². The van der Waals surface area contributed by atoms with Crippen LogP contribution in [0.15, 0.2) is 30.3 Å². The van der Waals surface area contributed by atoms with E-state index >= 15 is 0 Å². The van der Waals surface area contributed by atoms with Crippen molar-refractivity contribution in [3.05, 3.63) is 35.9 Å². The fraction of sp³-hybridized carbons (Fsp3) is 0.611. The molecule has 21 heavy (non-hydrogen) atoms. The number of carbonyl (C=O) groups is 1. The summed E-state index contributed by atoms with van der Waals surface area (Å²) >= 11 is 6.06. The maximum absolute atomic E-state index is 12.6. The van der Waals surface area contributed by atoms with E-state index in [1.54, 1.807) is 0 Å². The summed E-state index contributed by atoms with van der Waals surface area (Å²) in [5.41, 5.74) is 0.562. The number of alkyl halides is 1. The van der Waals surface area contributed by atoms with Gasteiger partial charge < -0.3 is 5.32 Å². The summed E-state index contributed by atoms with van der Waals surface area (Å²) in [5.74, 6) is 1.91. The molecule has 1 N–H and O–H groups in total. The minimum Gasteiger partial charge on any atom is -0.355 e. The van der Waals surface area contributed by atoms with Crippen molar-refractivity contribution in [2.45, 2.75) is 44.9 Å². The summed E-state index contributed by atoms with van der Waals surface area (Å²) in [7, 11) is 0. The monoisotopic (exact) mass is 307 g/mol. The van der Waals surface area contributed by atoms with E-state index in [-0.39, 0.29) is 5.91 Å². The summed E-state index contributed by atoms with van der Waals surface area (Å²) in [5, 5.41) is 3.16. The molecule has 1 fully saturated rings. The Morgan fingerprint density at radius 1 is 1.19 bits per heavy atom. The van der Waals surface area contributed by atoms with Crippen molar-refractivity contribution in [3.63, 3.8) is 0 Å². The Morgan fingerprint density at radius 3 is 2.43 bits per heavy atom. The third-order valence-electron chi connectivity index (χ3n) is 4.85. The first-order valence-corrected chi connectivity index (χ1v) is 8.49. The van der Waals surface area contributed by atoms with Gasteiger partial charge in [0.1, 0.15) is 0 Å². The van der Waals surface area contributed by atoms with Crippen molar-refractivity contribution in [1.29, 1.82) is 0 Å². The van der Waals surface area contributed by atoms with Crippen LogP contribution in [-0.4, -0.2) is 18.3 Å². The lowest BCUT2D eigenvalue weighted by atomic mass is 9.79. The van der Waals surface area contributed by atoms with Gasteiger partial charge in [0.2, 0.25) is 5.91 Å². The number of rotatable bonds is 5. The Bertz CT molecular complexity index is 458. The number of amides is 1. The van der Waals surface area contributed by atoms with Crippen molar-refractivity contribution < 1.29 is 4.79 Å². The minimum atomic E-state index is -0.494. The Hall–Kier alpha value is -1.02. The lowest BCUT2D eigenvalue weighted by molar-refractivity contribution is -0.126. The number of carbonyl (C=O) groups excluding carboxylic acids is 1. The second kappa shape index (κ2) is 7.31. The zero-order valence-corrected chi connectivity index (χ0v) is 13.8. The summed E-state index contributed by atoms with van der Waals surface area (Å²) in [6, 6.07) is 9.97. The van der Waals surface area contributed by atoms with Gasteiger partial charge in [-0.3, -0.25) is 4.79 Å². The summed E-state index contributed by atoms with van der Waals surface area (Å²) in [6.45, 7) is 4.72. The van der Waals surface area contributed by atoms with Crippen LogP contribution in [0.5, 0.6) is 0 Å². The Kier molecular flexibility index (Phi) is 5.69. The van der Waals surface area contributed by atoms with Crippen LogP contribution in [0.25, 0.3) is 0 Å². The first kappa shape index (κ1) is 16.4. The highest BCUT2D eigenvalue weighted by Crippen LogP contribution is 2.31. The normalized spacial score (nSPS) is 22.8. The van der Waals surface area contributed by atoms with Crippen LogP contribution >= 0.6 is 11.6 Å². The zero-order valence-electron chi connectivity index (χ0n) is 13.1. The highest BCUT2D eigenvalue weighted by Gasteiger charge is 2.31. The lowest BCUT2D eigenvalue weighted by Crippen LogP contribution is -2.43. The molecule has 0 aliphatic heterocycles. The highest BCUT2D eigenvalue weighted by atomic mass is 35.5. The smallest absolute Gasteiger partial charge is 0.230 e. The number of benzene rings is 1. The van der Waals surface area contributed by atoms with Gasteiger partial charge in [-0.2, -0.15) is 0 Å². The van der Waals surface area contributed by atoms with Gasteiger partial charge in [-0.25, -0.2) is 0 Å². The lowest BCUT2D eigenvalue weighted by Gasteiger charge is -2.32. The summed E-state index contributed by atoms with van der Waals surface area (Å²) in [6.07, 6.45) is 4.92. The summed E-state index contributed by atoms with van der Waals surface area (Å²) in [4.78, 5) is 12.6. The van der Waals surface area contributed by atoms with Crippen molar-refractivity contribution in [1.82, 2.24) is 5.32 Å². The van der Waals surface area contributed by atoms with Gasteiger partial charge in [-0.15, -0.1) is 11.6 Å². The minimum absolute atomic E-state index is 0.104. The molecule has 1 aromatic rings. The second-order valence-corrected chi connectivity index (χ2v) is 6.97. The molecule has 0 saturated heterocycles. The first-order chi connectivity index (χ1) is 10.1. The molecule has 0 aromatic heterocycles. The SMILES string of the molecule is CC(C)(C(=O)NCC1CCCCC1CCl)c1ccccc1. The van der Waals surface area contributed by atoms with E-state index in [9.17, 15) is 4.79 Å². The molecule has 1 aromatic carbocycles. The molecule has 1 aliphatic carbocycles. The number of nitrogens with one attached hydrogen (secondary N) is 1. The van der Waals surface area contributed by atoms with E-state index in [4.69, 9.17) is 11.6 Å². The van der Waals surface area contributed by atoms with Gasteiger partial charge in [0, 0.05) is 12.4 Å². The first-order valence-electron chi connectivity index (χ1n) is 7.95. The van der Waals surface area contributed by atoms with E-state index in [0.29, 0.717) is 17.7 Å². The van der Waals surface area contributed by atoms with Gasteiger partial charge in [-0.1, -0.05) is 43.2 Å². The predicted molar refractivity (Wildman–Crippen MR) is 88.6 cm³/mol. The van der Waals surface area contributed by atoms with Crippen LogP contribution in [0.1, 0.15) is 45.1 Å². The number of hydrogen-bond donors (Lipinski definition) is 1. The molecule has 0 spiro atoms. The molecule has 0 radical (unpaired) electrons. The van der Waals surface area contributed by atoms with Crippen LogP contribution in [0.2, 0.25) is 0 Å². The average Bonchev–Trinajstić information content (AvgIpc) is 2.53. The van der Waals surface area contributed by atoms with E-state index in [1.807, 2.05) is 44.2 Å². The molecule has 116 valence electrons. The van der Waals surface area contributed by atoms with Crippen molar-refractivity contribution in [2.75, 3.05) is 12.4 Å². The molecule has 2 atom stereocenters. The molecule has 1 aliphatic rings. The van der Waals surface area contributed by atoms with E-state index in [2.05, 4.69) is 5.32 Å². The fourth-order valence-corrected chi connectivity index (χ4v) is 3.59. The molecule has 0 bridgehead atoms. The largest absolute Gasteiger partial charge is 0.355 e. The molecule has 0 heterocycles. The third kappa shape index (κ3) is 4.00. The molecule has 2 nitrogen and oxygen atoms in total. The molecular formula is C18H26ClNO. The van der Waals surface area contributed by atoms with Gasteiger partial charge >= 0.3 is 0 Å². The van der Waals surface area contributed by atoms with E-state index in [0.717, 1.165) is 12.1 Å². The Morgan fingerprint density at radius 2 is 1.81 bits per heavy atom. The third-order valence-corrected chi connectivity index (χ3v) is 5.25. The predicted octanol–water partition coefficient (Wildman–Crippen LogP) is 4.13. The molecule has 1 amide bonds.